The number of aryl methyl sites for hydroxylation is 1. The highest BCUT2D eigenvalue weighted by Crippen LogP contribution is 2.23. The van der Waals surface area contributed by atoms with Gasteiger partial charge in [0.2, 0.25) is 0 Å². The molecule has 0 fully saturated rings. The Bertz CT molecular complexity index is 577. The first-order valence-corrected chi connectivity index (χ1v) is 6.34. The third kappa shape index (κ3) is 3.02. The summed E-state index contributed by atoms with van der Waals surface area (Å²) >= 11 is 0. The molecule has 0 aliphatic heterocycles. The van der Waals surface area contributed by atoms with Gasteiger partial charge in [-0.2, -0.15) is 0 Å². The molecule has 18 heavy (non-hydrogen) atoms. The fourth-order valence-corrected chi connectivity index (χ4v) is 1.86. The molecule has 0 N–H and O–H groups in total. The lowest BCUT2D eigenvalue weighted by atomic mass is 10.00. The van der Waals surface area contributed by atoms with Crippen molar-refractivity contribution >= 4 is 0 Å². The van der Waals surface area contributed by atoms with E-state index >= 15 is 0 Å². The largest absolute Gasteiger partial charge is 0.0951 e. The Hall–Kier alpha value is -2.00. The molecular formula is C18H18. The van der Waals surface area contributed by atoms with Crippen molar-refractivity contribution in [2.45, 2.75) is 20.8 Å². The van der Waals surface area contributed by atoms with E-state index in [1.807, 2.05) is 0 Å². The summed E-state index contributed by atoms with van der Waals surface area (Å²) in [6.45, 7) is 6.35. The third-order valence-electron chi connectivity index (χ3n) is 2.85. The van der Waals surface area contributed by atoms with E-state index in [0.717, 1.165) is 5.56 Å². The lowest BCUT2D eigenvalue weighted by Crippen LogP contribution is -1.83. The van der Waals surface area contributed by atoms with E-state index < -0.39 is 0 Å². The van der Waals surface area contributed by atoms with E-state index in [2.05, 4.69) is 81.1 Å². The maximum Gasteiger partial charge on any atom is 0.0245 e. The van der Waals surface area contributed by atoms with Crippen molar-refractivity contribution in [3.8, 4) is 23.0 Å². The maximum atomic E-state index is 3.19. The second-order valence-electron chi connectivity index (χ2n) is 4.82. The molecule has 0 bridgehead atoms. The first kappa shape index (κ1) is 12.5. The SMILES string of the molecule is Cc1ccccc1-c1ccc(C#CC(C)C)cc1. The summed E-state index contributed by atoms with van der Waals surface area (Å²) in [5.41, 5.74) is 4.93. The lowest BCUT2D eigenvalue weighted by molar-refractivity contribution is 0.866. The lowest BCUT2D eigenvalue weighted by Gasteiger charge is -2.05. The average Bonchev–Trinajstić information content (AvgIpc) is 2.38. The van der Waals surface area contributed by atoms with E-state index in [-0.39, 0.29) is 0 Å². The highest BCUT2D eigenvalue weighted by molar-refractivity contribution is 5.67. The molecular weight excluding hydrogens is 216 g/mol. The van der Waals surface area contributed by atoms with Crippen molar-refractivity contribution in [1.29, 1.82) is 0 Å². The van der Waals surface area contributed by atoms with Crippen LogP contribution in [0.5, 0.6) is 0 Å². The van der Waals surface area contributed by atoms with Gasteiger partial charge >= 0.3 is 0 Å². The Labute approximate surface area is 110 Å². The first-order chi connectivity index (χ1) is 8.66. The molecule has 0 atom stereocenters. The second kappa shape index (κ2) is 5.56. The molecule has 90 valence electrons. The van der Waals surface area contributed by atoms with Crippen molar-refractivity contribution in [3.63, 3.8) is 0 Å². The van der Waals surface area contributed by atoms with Crippen LogP contribution in [0.3, 0.4) is 0 Å². The molecule has 0 amide bonds. The Morgan fingerprint density at radius 3 is 2.17 bits per heavy atom. The van der Waals surface area contributed by atoms with E-state index in [4.69, 9.17) is 0 Å². The van der Waals surface area contributed by atoms with Crippen LogP contribution < -0.4 is 0 Å². The Morgan fingerprint density at radius 2 is 1.56 bits per heavy atom. The minimum atomic E-state index is 0.418. The van der Waals surface area contributed by atoms with Crippen LogP contribution in [0, 0.1) is 24.7 Å². The van der Waals surface area contributed by atoms with Crippen LogP contribution in [-0.2, 0) is 0 Å². The van der Waals surface area contributed by atoms with Crippen molar-refractivity contribution in [2.75, 3.05) is 0 Å². The van der Waals surface area contributed by atoms with Gasteiger partial charge in [0.1, 0.15) is 0 Å². The second-order valence-corrected chi connectivity index (χ2v) is 4.82. The van der Waals surface area contributed by atoms with Crippen LogP contribution in [0.25, 0.3) is 11.1 Å². The van der Waals surface area contributed by atoms with Gasteiger partial charge in [-0.25, -0.2) is 0 Å². The third-order valence-corrected chi connectivity index (χ3v) is 2.85. The topological polar surface area (TPSA) is 0 Å². The van der Waals surface area contributed by atoms with Crippen LogP contribution in [-0.4, -0.2) is 0 Å². The molecule has 2 rings (SSSR count). The van der Waals surface area contributed by atoms with E-state index in [9.17, 15) is 0 Å². The number of hydrogen-bond donors (Lipinski definition) is 0. The minimum Gasteiger partial charge on any atom is -0.0951 e. The van der Waals surface area contributed by atoms with Gasteiger partial charge in [0.25, 0.3) is 0 Å². The van der Waals surface area contributed by atoms with Crippen LogP contribution in [0.15, 0.2) is 48.5 Å². The molecule has 0 aliphatic rings. The monoisotopic (exact) mass is 234 g/mol. The van der Waals surface area contributed by atoms with Crippen molar-refractivity contribution in [2.24, 2.45) is 5.92 Å². The molecule has 2 aromatic carbocycles. The zero-order valence-electron chi connectivity index (χ0n) is 11.2. The van der Waals surface area contributed by atoms with Gasteiger partial charge in [0.05, 0.1) is 0 Å². The van der Waals surface area contributed by atoms with E-state index in [1.54, 1.807) is 0 Å². The summed E-state index contributed by atoms with van der Waals surface area (Å²) in [6, 6.07) is 16.9. The van der Waals surface area contributed by atoms with Gasteiger partial charge in [-0.05, 0) is 35.7 Å². The Balaban J connectivity index is 2.29. The summed E-state index contributed by atoms with van der Waals surface area (Å²) in [5, 5.41) is 0. The maximum absolute atomic E-state index is 3.19. The van der Waals surface area contributed by atoms with Crippen molar-refractivity contribution in [3.05, 3.63) is 59.7 Å². The molecule has 2 aromatic rings. The van der Waals surface area contributed by atoms with Gasteiger partial charge in [-0.3, -0.25) is 0 Å². The van der Waals surface area contributed by atoms with Crippen LogP contribution >= 0.6 is 0 Å². The number of benzene rings is 2. The predicted octanol–water partition coefficient (Wildman–Crippen LogP) is 4.67. The zero-order valence-corrected chi connectivity index (χ0v) is 11.2. The van der Waals surface area contributed by atoms with Crippen LogP contribution in [0.2, 0.25) is 0 Å². The molecule has 0 heterocycles. The zero-order chi connectivity index (χ0) is 13.0. The summed E-state index contributed by atoms with van der Waals surface area (Å²) in [7, 11) is 0. The molecule has 0 aliphatic carbocycles. The molecule has 0 saturated heterocycles. The van der Waals surface area contributed by atoms with E-state index in [0.29, 0.717) is 5.92 Å². The molecule has 0 aromatic heterocycles. The summed E-state index contributed by atoms with van der Waals surface area (Å²) in [4.78, 5) is 0. The van der Waals surface area contributed by atoms with Gasteiger partial charge in [0.15, 0.2) is 0 Å². The molecule has 0 saturated carbocycles. The molecule has 0 unspecified atom stereocenters. The molecule has 0 spiro atoms. The van der Waals surface area contributed by atoms with E-state index in [1.165, 1.54) is 16.7 Å². The number of rotatable bonds is 1. The summed E-state index contributed by atoms with van der Waals surface area (Å²) < 4.78 is 0. The average molecular weight is 234 g/mol. The molecule has 0 nitrogen and oxygen atoms in total. The normalized spacial score (nSPS) is 10.0. The van der Waals surface area contributed by atoms with Gasteiger partial charge in [0, 0.05) is 11.5 Å². The van der Waals surface area contributed by atoms with Crippen LogP contribution in [0.1, 0.15) is 25.0 Å². The molecule has 0 radical (unpaired) electrons. The Kier molecular flexibility index (Phi) is 3.85. The molecule has 0 heteroatoms. The van der Waals surface area contributed by atoms with Gasteiger partial charge in [-0.1, -0.05) is 62.1 Å². The van der Waals surface area contributed by atoms with Crippen molar-refractivity contribution in [1.82, 2.24) is 0 Å². The summed E-state index contributed by atoms with van der Waals surface area (Å²) in [6.07, 6.45) is 0. The van der Waals surface area contributed by atoms with Crippen LogP contribution in [0.4, 0.5) is 0 Å². The highest BCUT2D eigenvalue weighted by atomic mass is 14.0. The fraction of sp³-hybridized carbons (Fsp3) is 0.222. The summed E-state index contributed by atoms with van der Waals surface area (Å²) in [5.74, 6) is 6.79. The number of hydrogen-bond acceptors (Lipinski definition) is 0. The quantitative estimate of drug-likeness (QED) is 0.629. The smallest absolute Gasteiger partial charge is 0.0245 e. The fourth-order valence-electron chi connectivity index (χ4n) is 1.86. The standard InChI is InChI=1S/C18H18/c1-14(2)8-9-16-10-12-17(13-11-16)18-7-5-4-6-15(18)3/h4-7,10-14H,1-3H3. The van der Waals surface area contributed by atoms with Gasteiger partial charge < -0.3 is 0 Å². The van der Waals surface area contributed by atoms with Gasteiger partial charge in [-0.15, -0.1) is 0 Å². The predicted molar refractivity (Wildman–Crippen MR) is 78.3 cm³/mol. The highest BCUT2D eigenvalue weighted by Gasteiger charge is 1.99. The minimum absolute atomic E-state index is 0.418. The first-order valence-electron chi connectivity index (χ1n) is 6.34. The van der Waals surface area contributed by atoms with Crippen molar-refractivity contribution < 1.29 is 0 Å². The Morgan fingerprint density at radius 1 is 0.889 bits per heavy atom.